The maximum Gasteiger partial charge on any atom is 0.144 e. The number of nitrogens with zero attached hydrogens (tertiary/aromatic N) is 2. The van der Waals surface area contributed by atoms with Gasteiger partial charge in [0.15, 0.2) is 0 Å². The lowest BCUT2D eigenvalue weighted by molar-refractivity contribution is 0.844. The molecule has 0 bridgehead atoms. The predicted octanol–water partition coefficient (Wildman–Crippen LogP) is 4.34. The van der Waals surface area contributed by atoms with Crippen molar-refractivity contribution in [1.29, 1.82) is 0 Å². The molecule has 6 heteroatoms. The highest BCUT2D eigenvalue weighted by Crippen LogP contribution is 2.44. The summed E-state index contributed by atoms with van der Waals surface area (Å²) in [7, 11) is 0. The molecule has 3 heterocycles. The molecule has 0 radical (unpaired) electrons. The van der Waals surface area contributed by atoms with E-state index in [2.05, 4.69) is 37.8 Å². The third kappa shape index (κ3) is 3.48. The second-order valence-corrected chi connectivity index (χ2v) is 9.62. The Hall–Kier alpha value is -0.0700. The normalized spacial score (nSPS) is 28.4. The summed E-state index contributed by atoms with van der Waals surface area (Å²) in [4.78, 5) is 9.79. The summed E-state index contributed by atoms with van der Waals surface area (Å²) < 4.78 is 0. The van der Waals surface area contributed by atoms with Crippen molar-refractivity contribution in [3.63, 3.8) is 0 Å². The predicted molar refractivity (Wildman–Crippen MR) is 97.5 cm³/mol. The third-order valence-electron chi connectivity index (χ3n) is 3.98. The van der Waals surface area contributed by atoms with Crippen molar-refractivity contribution in [1.82, 2.24) is 9.97 Å². The zero-order valence-corrected chi connectivity index (χ0v) is 15.3. The molecular formula is C15H23N3S3. The van der Waals surface area contributed by atoms with Crippen molar-refractivity contribution in [3.8, 4) is 0 Å². The van der Waals surface area contributed by atoms with Crippen LogP contribution in [-0.4, -0.2) is 32.8 Å². The summed E-state index contributed by atoms with van der Waals surface area (Å²) in [5, 5.41) is 5.36. The minimum atomic E-state index is 0.444. The van der Waals surface area contributed by atoms with Gasteiger partial charge in [-0.2, -0.15) is 23.5 Å². The molecule has 3 unspecified atom stereocenters. The van der Waals surface area contributed by atoms with Crippen molar-refractivity contribution in [2.24, 2.45) is 0 Å². The molecule has 0 spiro atoms. The summed E-state index contributed by atoms with van der Waals surface area (Å²) in [6.45, 7) is 7.84. The van der Waals surface area contributed by atoms with E-state index in [4.69, 9.17) is 9.97 Å². The number of rotatable bonds is 4. The first-order valence-corrected chi connectivity index (χ1v) is 10.8. The lowest BCUT2D eigenvalue weighted by Gasteiger charge is -2.30. The SMILES string of the molecule is CCCNc1nc(C2CSC(C)C(C)S2)nc2c1CSC2. The van der Waals surface area contributed by atoms with Gasteiger partial charge in [0.05, 0.1) is 10.9 Å². The van der Waals surface area contributed by atoms with Gasteiger partial charge in [-0.3, -0.25) is 0 Å². The van der Waals surface area contributed by atoms with Crippen molar-refractivity contribution in [2.75, 3.05) is 17.6 Å². The molecule has 1 aromatic heterocycles. The maximum atomic E-state index is 4.90. The Bertz CT molecular complexity index is 509. The van der Waals surface area contributed by atoms with Crippen LogP contribution in [0.15, 0.2) is 0 Å². The van der Waals surface area contributed by atoms with Crippen molar-refractivity contribution in [3.05, 3.63) is 17.1 Å². The van der Waals surface area contributed by atoms with Crippen molar-refractivity contribution < 1.29 is 0 Å². The van der Waals surface area contributed by atoms with Crippen LogP contribution < -0.4 is 5.32 Å². The monoisotopic (exact) mass is 341 g/mol. The van der Waals surface area contributed by atoms with Gasteiger partial charge in [-0.05, 0) is 6.42 Å². The van der Waals surface area contributed by atoms with Crippen LogP contribution in [0.25, 0.3) is 0 Å². The van der Waals surface area contributed by atoms with E-state index in [-0.39, 0.29) is 0 Å². The Morgan fingerprint density at radius 3 is 2.81 bits per heavy atom. The van der Waals surface area contributed by atoms with Gasteiger partial charge in [-0.1, -0.05) is 20.8 Å². The Balaban J connectivity index is 1.85. The number of aromatic nitrogens is 2. The van der Waals surface area contributed by atoms with Crippen molar-refractivity contribution in [2.45, 2.75) is 54.4 Å². The summed E-state index contributed by atoms with van der Waals surface area (Å²) in [5.74, 6) is 5.38. The molecule has 116 valence electrons. The van der Waals surface area contributed by atoms with Gasteiger partial charge in [0.2, 0.25) is 0 Å². The second kappa shape index (κ2) is 7.01. The molecule has 3 nitrogen and oxygen atoms in total. The maximum absolute atomic E-state index is 4.90. The summed E-state index contributed by atoms with van der Waals surface area (Å²) >= 11 is 6.06. The first-order valence-electron chi connectivity index (χ1n) is 7.67. The smallest absolute Gasteiger partial charge is 0.144 e. The number of thioether (sulfide) groups is 3. The minimum absolute atomic E-state index is 0.444. The fourth-order valence-corrected chi connectivity index (χ4v) is 6.41. The highest BCUT2D eigenvalue weighted by Gasteiger charge is 2.30. The largest absolute Gasteiger partial charge is 0.370 e. The van der Waals surface area contributed by atoms with Crippen LogP contribution in [0.5, 0.6) is 0 Å². The van der Waals surface area contributed by atoms with E-state index >= 15 is 0 Å². The molecule has 0 saturated carbocycles. The average Bonchev–Trinajstić information content (AvgIpc) is 2.96. The molecule has 1 saturated heterocycles. The van der Waals surface area contributed by atoms with E-state index in [1.165, 1.54) is 11.3 Å². The number of fused-ring (bicyclic) bond motifs is 1. The van der Waals surface area contributed by atoms with Crippen LogP contribution in [0.3, 0.4) is 0 Å². The highest BCUT2D eigenvalue weighted by atomic mass is 32.2. The summed E-state index contributed by atoms with van der Waals surface area (Å²) in [6.07, 6.45) is 1.13. The lowest BCUT2D eigenvalue weighted by Crippen LogP contribution is -2.23. The topological polar surface area (TPSA) is 37.8 Å². The fourth-order valence-electron chi connectivity index (χ4n) is 2.52. The van der Waals surface area contributed by atoms with Gasteiger partial charge < -0.3 is 5.32 Å². The highest BCUT2D eigenvalue weighted by molar-refractivity contribution is 8.07. The molecule has 1 fully saturated rings. The first kappa shape index (κ1) is 15.8. The van der Waals surface area contributed by atoms with E-state index < -0.39 is 0 Å². The van der Waals surface area contributed by atoms with Crippen LogP contribution in [0.2, 0.25) is 0 Å². The molecule has 3 rings (SSSR count). The Labute approximate surface area is 140 Å². The molecule has 1 aromatic rings. The molecule has 1 N–H and O–H groups in total. The molecular weight excluding hydrogens is 318 g/mol. The number of hydrogen-bond donors (Lipinski definition) is 1. The van der Waals surface area contributed by atoms with E-state index in [1.54, 1.807) is 0 Å². The standard InChI is InChI=1S/C15H23N3S3/c1-4-5-16-14-11-6-19-7-12(11)17-15(18-14)13-8-20-9(2)10(3)21-13/h9-10,13H,4-8H2,1-3H3,(H,16,17,18). The van der Waals surface area contributed by atoms with Crippen LogP contribution in [0, 0.1) is 0 Å². The Kier molecular flexibility index (Phi) is 5.27. The van der Waals surface area contributed by atoms with Gasteiger partial charge in [0, 0.05) is 39.9 Å². The number of nitrogens with one attached hydrogen (secondary N) is 1. The molecule has 2 aliphatic rings. The van der Waals surface area contributed by atoms with E-state index in [0.29, 0.717) is 10.5 Å². The molecule has 21 heavy (non-hydrogen) atoms. The minimum Gasteiger partial charge on any atom is -0.370 e. The van der Waals surface area contributed by atoms with E-state index in [1.807, 2.05) is 23.5 Å². The van der Waals surface area contributed by atoms with Crippen LogP contribution >= 0.6 is 35.3 Å². The zero-order chi connectivity index (χ0) is 14.8. The van der Waals surface area contributed by atoms with Crippen LogP contribution in [-0.2, 0) is 11.5 Å². The molecule has 0 aliphatic carbocycles. The van der Waals surface area contributed by atoms with Gasteiger partial charge in [-0.15, -0.1) is 11.8 Å². The molecule has 2 aliphatic heterocycles. The van der Waals surface area contributed by atoms with Crippen LogP contribution in [0.1, 0.15) is 49.5 Å². The Morgan fingerprint density at radius 1 is 1.19 bits per heavy atom. The second-order valence-electron chi connectivity index (χ2n) is 5.64. The summed E-state index contributed by atoms with van der Waals surface area (Å²) in [5.41, 5.74) is 2.60. The quantitative estimate of drug-likeness (QED) is 0.878. The molecule has 3 atom stereocenters. The summed E-state index contributed by atoms with van der Waals surface area (Å²) in [6, 6.07) is 0. The number of anilines is 1. The van der Waals surface area contributed by atoms with Gasteiger partial charge in [0.1, 0.15) is 11.6 Å². The molecule has 0 amide bonds. The Morgan fingerprint density at radius 2 is 2.05 bits per heavy atom. The van der Waals surface area contributed by atoms with Crippen molar-refractivity contribution >= 4 is 41.1 Å². The van der Waals surface area contributed by atoms with Crippen LogP contribution in [0.4, 0.5) is 5.82 Å². The van der Waals surface area contributed by atoms with Gasteiger partial charge >= 0.3 is 0 Å². The zero-order valence-electron chi connectivity index (χ0n) is 12.9. The molecule has 0 aromatic carbocycles. The van der Waals surface area contributed by atoms with E-state index in [9.17, 15) is 0 Å². The lowest BCUT2D eigenvalue weighted by atomic mass is 10.2. The average molecular weight is 342 g/mol. The van der Waals surface area contributed by atoms with Gasteiger partial charge in [-0.25, -0.2) is 9.97 Å². The number of hydrogen-bond acceptors (Lipinski definition) is 6. The first-order chi connectivity index (χ1) is 10.2. The van der Waals surface area contributed by atoms with E-state index in [0.717, 1.165) is 47.1 Å². The van der Waals surface area contributed by atoms with Gasteiger partial charge in [0.25, 0.3) is 0 Å². The fraction of sp³-hybridized carbons (Fsp3) is 0.733. The third-order valence-corrected chi connectivity index (χ3v) is 8.33.